The molecule has 9 heteroatoms. The number of fused-ring (bicyclic) bond motifs is 1. The predicted octanol–water partition coefficient (Wildman–Crippen LogP) is 2.01. The van der Waals surface area contributed by atoms with Gasteiger partial charge in [-0.05, 0) is 55.8 Å². The van der Waals surface area contributed by atoms with Gasteiger partial charge in [0.15, 0.2) is 0 Å². The Balaban J connectivity index is 1.53. The number of ether oxygens (including phenoxy) is 1. The van der Waals surface area contributed by atoms with Gasteiger partial charge in [0, 0.05) is 17.8 Å². The second-order valence-corrected chi connectivity index (χ2v) is 7.13. The van der Waals surface area contributed by atoms with E-state index in [2.05, 4.69) is 10.6 Å². The number of carbonyl (C=O) groups is 5. The molecule has 0 radical (unpaired) electrons. The van der Waals surface area contributed by atoms with Crippen LogP contribution in [0.1, 0.15) is 50.8 Å². The van der Waals surface area contributed by atoms with Crippen molar-refractivity contribution in [2.24, 2.45) is 0 Å². The van der Waals surface area contributed by atoms with Gasteiger partial charge in [-0.25, -0.2) is 4.79 Å². The van der Waals surface area contributed by atoms with E-state index >= 15 is 0 Å². The van der Waals surface area contributed by atoms with Crippen LogP contribution in [0.3, 0.4) is 0 Å². The predicted molar refractivity (Wildman–Crippen MR) is 109 cm³/mol. The number of carbonyl (C=O) groups excluding carboxylic acids is 5. The molecule has 1 saturated heterocycles. The summed E-state index contributed by atoms with van der Waals surface area (Å²) in [7, 11) is 0. The first-order valence-electron chi connectivity index (χ1n) is 9.79. The molecule has 0 saturated carbocycles. The number of amides is 4. The topological polar surface area (TPSA) is 122 Å². The molecule has 2 aromatic rings. The van der Waals surface area contributed by atoms with E-state index in [0.29, 0.717) is 16.9 Å². The minimum atomic E-state index is -1.00. The SMILES string of the molecule is CCOC(=O)c1ccc(Nc2ccc3c(c2)C(=O)N(C2CCC(=O)NC2=O)C3=O)cc1. The van der Waals surface area contributed by atoms with E-state index in [0.717, 1.165) is 4.90 Å². The van der Waals surface area contributed by atoms with E-state index in [9.17, 15) is 24.0 Å². The molecular weight excluding hydrogens is 402 g/mol. The van der Waals surface area contributed by atoms with Crippen molar-refractivity contribution in [3.05, 3.63) is 59.2 Å². The van der Waals surface area contributed by atoms with Gasteiger partial charge in [0.2, 0.25) is 11.8 Å². The molecule has 4 amide bonds. The number of benzene rings is 2. The van der Waals surface area contributed by atoms with Crippen molar-refractivity contribution in [3.63, 3.8) is 0 Å². The molecule has 158 valence electrons. The van der Waals surface area contributed by atoms with Crippen molar-refractivity contribution in [2.75, 3.05) is 11.9 Å². The Morgan fingerprint density at radius 3 is 2.39 bits per heavy atom. The van der Waals surface area contributed by atoms with Gasteiger partial charge in [-0.2, -0.15) is 0 Å². The molecule has 2 heterocycles. The van der Waals surface area contributed by atoms with Crippen molar-refractivity contribution >= 4 is 41.0 Å². The highest BCUT2D eigenvalue weighted by Crippen LogP contribution is 2.30. The summed E-state index contributed by atoms with van der Waals surface area (Å²) in [5.74, 6) is -2.61. The number of esters is 1. The Morgan fingerprint density at radius 1 is 1.03 bits per heavy atom. The fourth-order valence-electron chi connectivity index (χ4n) is 3.62. The second-order valence-electron chi connectivity index (χ2n) is 7.13. The molecule has 2 aliphatic rings. The Morgan fingerprint density at radius 2 is 1.71 bits per heavy atom. The van der Waals surface area contributed by atoms with Crippen LogP contribution in [-0.4, -0.2) is 47.1 Å². The normalized spacial score (nSPS) is 18.0. The maximum absolute atomic E-state index is 12.9. The molecule has 0 aliphatic carbocycles. The van der Waals surface area contributed by atoms with E-state index in [-0.39, 0.29) is 30.6 Å². The third-order valence-electron chi connectivity index (χ3n) is 5.12. The molecule has 2 aliphatic heterocycles. The summed E-state index contributed by atoms with van der Waals surface area (Å²) in [5.41, 5.74) is 2.04. The van der Waals surface area contributed by atoms with Crippen LogP contribution in [0.2, 0.25) is 0 Å². The molecule has 0 aromatic heterocycles. The number of hydrogen-bond acceptors (Lipinski definition) is 7. The standard InChI is InChI=1S/C22H19N3O6/c1-2-31-22(30)12-3-5-13(6-4-12)23-14-7-8-15-16(11-14)21(29)25(20(15)28)17-9-10-18(26)24-19(17)27/h3-8,11,17,23H,2,9-10H2,1H3,(H,24,26,27). The van der Waals surface area contributed by atoms with Crippen LogP contribution in [0.4, 0.5) is 11.4 Å². The molecule has 31 heavy (non-hydrogen) atoms. The monoisotopic (exact) mass is 421 g/mol. The van der Waals surface area contributed by atoms with Crippen molar-refractivity contribution < 1.29 is 28.7 Å². The summed E-state index contributed by atoms with van der Waals surface area (Å²) in [4.78, 5) is 61.8. The van der Waals surface area contributed by atoms with Gasteiger partial charge >= 0.3 is 5.97 Å². The third kappa shape index (κ3) is 3.77. The fraction of sp³-hybridized carbons (Fsp3) is 0.227. The molecule has 0 spiro atoms. The van der Waals surface area contributed by atoms with Crippen LogP contribution in [0.25, 0.3) is 0 Å². The number of nitrogens with one attached hydrogen (secondary N) is 2. The minimum Gasteiger partial charge on any atom is -0.462 e. The summed E-state index contributed by atoms with van der Waals surface area (Å²) < 4.78 is 4.95. The van der Waals surface area contributed by atoms with Crippen LogP contribution < -0.4 is 10.6 Å². The molecule has 1 unspecified atom stereocenters. The molecular formula is C22H19N3O6. The Hall–Kier alpha value is -4.01. The zero-order chi connectivity index (χ0) is 22.1. The van der Waals surface area contributed by atoms with Crippen molar-refractivity contribution in [1.82, 2.24) is 10.2 Å². The lowest BCUT2D eigenvalue weighted by atomic mass is 10.0. The van der Waals surface area contributed by atoms with E-state index in [1.54, 1.807) is 43.3 Å². The Kier molecular flexibility index (Phi) is 5.24. The molecule has 9 nitrogen and oxygen atoms in total. The van der Waals surface area contributed by atoms with Crippen LogP contribution in [0.15, 0.2) is 42.5 Å². The van der Waals surface area contributed by atoms with E-state index in [1.165, 1.54) is 6.07 Å². The Bertz CT molecular complexity index is 1110. The zero-order valence-electron chi connectivity index (χ0n) is 16.6. The van der Waals surface area contributed by atoms with Gasteiger partial charge in [0.1, 0.15) is 6.04 Å². The smallest absolute Gasteiger partial charge is 0.338 e. The van der Waals surface area contributed by atoms with Crippen molar-refractivity contribution in [1.29, 1.82) is 0 Å². The van der Waals surface area contributed by atoms with Crippen LogP contribution in [-0.2, 0) is 14.3 Å². The maximum atomic E-state index is 12.9. The molecule has 2 aromatic carbocycles. The van der Waals surface area contributed by atoms with Gasteiger partial charge < -0.3 is 10.1 Å². The van der Waals surface area contributed by atoms with E-state index in [1.807, 2.05) is 0 Å². The minimum absolute atomic E-state index is 0.0679. The first kappa shape index (κ1) is 20.3. The summed E-state index contributed by atoms with van der Waals surface area (Å²) in [5, 5.41) is 5.29. The summed E-state index contributed by atoms with van der Waals surface area (Å²) in [6, 6.07) is 10.3. The average Bonchev–Trinajstić information content (AvgIpc) is 2.99. The van der Waals surface area contributed by atoms with Crippen molar-refractivity contribution in [3.8, 4) is 0 Å². The van der Waals surface area contributed by atoms with Gasteiger partial charge in [-0.15, -0.1) is 0 Å². The lowest BCUT2D eigenvalue weighted by molar-refractivity contribution is -0.136. The largest absolute Gasteiger partial charge is 0.462 e. The molecule has 4 rings (SSSR count). The molecule has 1 atom stereocenters. The third-order valence-corrected chi connectivity index (χ3v) is 5.12. The first-order valence-corrected chi connectivity index (χ1v) is 9.79. The lowest BCUT2D eigenvalue weighted by Gasteiger charge is -2.27. The first-order chi connectivity index (χ1) is 14.9. The molecule has 2 N–H and O–H groups in total. The molecule has 0 bridgehead atoms. The van der Waals surface area contributed by atoms with Gasteiger partial charge in [0.05, 0.1) is 23.3 Å². The second kappa shape index (κ2) is 8.02. The quantitative estimate of drug-likeness (QED) is 0.559. The van der Waals surface area contributed by atoms with Crippen molar-refractivity contribution in [2.45, 2.75) is 25.8 Å². The van der Waals surface area contributed by atoms with Gasteiger partial charge in [-0.1, -0.05) is 0 Å². The van der Waals surface area contributed by atoms with Crippen LogP contribution in [0.5, 0.6) is 0 Å². The highest BCUT2D eigenvalue weighted by atomic mass is 16.5. The van der Waals surface area contributed by atoms with E-state index in [4.69, 9.17) is 4.74 Å². The summed E-state index contributed by atoms with van der Waals surface area (Å²) >= 11 is 0. The highest BCUT2D eigenvalue weighted by molar-refractivity contribution is 6.23. The summed E-state index contributed by atoms with van der Waals surface area (Å²) in [6.45, 7) is 2.02. The van der Waals surface area contributed by atoms with Gasteiger partial charge in [0.25, 0.3) is 11.8 Å². The van der Waals surface area contributed by atoms with E-state index < -0.39 is 35.6 Å². The van der Waals surface area contributed by atoms with Crippen LogP contribution in [0, 0.1) is 0 Å². The Labute approximate surface area is 177 Å². The highest BCUT2D eigenvalue weighted by Gasteiger charge is 2.44. The van der Waals surface area contributed by atoms with Gasteiger partial charge in [-0.3, -0.25) is 29.4 Å². The van der Waals surface area contributed by atoms with Crippen LogP contribution >= 0.6 is 0 Å². The number of piperidine rings is 1. The molecule has 1 fully saturated rings. The number of nitrogens with zero attached hydrogens (tertiary/aromatic N) is 1. The number of anilines is 2. The maximum Gasteiger partial charge on any atom is 0.338 e. The number of imide groups is 2. The number of hydrogen-bond donors (Lipinski definition) is 2. The zero-order valence-corrected chi connectivity index (χ0v) is 16.6. The summed E-state index contributed by atoms with van der Waals surface area (Å²) in [6.07, 6.45) is 0.173. The lowest BCUT2D eigenvalue weighted by Crippen LogP contribution is -2.54. The fourth-order valence-corrected chi connectivity index (χ4v) is 3.62. The number of rotatable bonds is 5. The average molecular weight is 421 g/mol.